The van der Waals surface area contributed by atoms with Gasteiger partial charge in [0.2, 0.25) is 0 Å². The van der Waals surface area contributed by atoms with Crippen molar-refractivity contribution in [3.63, 3.8) is 0 Å². The number of nitrogens with one attached hydrogen (secondary N) is 1. The maximum absolute atomic E-state index is 12.2. The van der Waals surface area contributed by atoms with Gasteiger partial charge in [0.1, 0.15) is 0 Å². The Bertz CT molecular complexity index is 929. The fourth-order valence-electron chi connectivity index (χ4n) is 2.26. The van der Waals surface area contributed by atoms with Gasteiger partial charge in [-0.2, -0.15) is 0 Å². The number of hydrogen-bond donors (Lipinski definition) is 1. The number of carbonyl (C=O) groups is 1. The Morgan fingerprint density at radius 3 is 2.58 bits per heavy atom. The number of rotatable bonds is 4. The molecule has 0 aromatic heterocycles. The molecule has 0 saturated carbocycles. The quantitative estimate of drug-likeness (QED) is 0.730. The van der Waals surface area contributed by atoms with E-state index in [1.165, 1.54) is 11.8 Å². The number of thioether (sulfide) groups is 1. The van der Waals surface area contributed by atoms with E-state index in [0.29, 0.717) is 37.3 Å². The van der Waals surface area contributed by atoms with Crippen molar-refractivity contribution in [1.29, 1.82) is 0 Å². The molecule has 8 heteroatoms. The third-order valence-electron chi connectivity index (χ3n) is 3.49. The first-order valence-corrected chi connectivity index (χ1v) is 9.04. The zero-order valence-corrected chi connectivity index (χ0v) is 16.2. The van der Waals surface area contributed by atoms with Crippen LogP contribution in [-0.4, -0.2) is 25.3 Å². The van der Waals surface area contributed by atoms with Crippen LogP contribution in [0.2, 0.25) is 10.0 Å². The standard InChI is InChI=1S/C18H14Cl2N2O3S/c1-24-14-6-3-10(7-15(14)25-2)8-16-17(23)22-18(26-16)21-13-9-11(19)4-5-12(13)20/h3-9H,1-2H3,(H,21,22,23)/b16-8+. The number of nitrogens with zero attached hydrogens (tertiary/aromatic N) is 1. The summed E-state index contributed by atoms with van der Waals surface area (Å²) in [5, 5.41) is 4.13. The molecule has 2 aromatic carbocycles. The van der Waals surface area contributed by atoms with Gasteiger partial charge in [-0.25, -0.2) is 4.99 Å². The van der Waals surface area contributed by atoms with Crippen LogP contribution in [0.4, 0.5) is 5.69 Å². The molecule has 1 amide bonds. The van der Waals surface area contributed by atoms with Gasteiger partial charge in [-0.3, -0.25) is 4.79 Å². The van der Waals surface area contributed by atoms with E-state index in [0.717, 1.165) is 5.56 Å². The topological polar surface area (TPSA) is 59.9 Å². The van der Waals surface area contributed by atoms with Crippen LogP contribution >= 0.6 is 35.0 Å². The van der Waals surface area contributed by atoms with E-state index in [2.05, 4.69) is 10.3 Å². The minimum Gasteiger partial charge on any atom is -0.493 e. The van der Waals surface area contributed by atoms with E-state index in [-0.39, 0.29) is 5.91 Å². The van der Waals surface area contributed by atoms with Gasteiger partial charge in [-0.05, 0) is 53.7 Å². The summed E-state index contributed by atoms with van der Waals surface area (Å²) in [6.45, 7) is 0. The molecule has 1 heterocycles. The van der Waals surface area contributed by atoms with Gasteiger partial charge in [0.05, 0.1) is 29.8 Å². The van der Waals surface area contributed by atoms with E-state index >= 15 is 0 Å². The molecule has 1 saturated heterocycles. The average Bonchev–Trinajstić information content (AvgIpc) is 2.97. The Morgan fingerprint density at radius 1 is 1.08 bits per heavy atom. The number of benzene rings is 2. The number of aliphatic imine (C=N–C) groups is 1. The molecule has 1 aliphatic heterocycles. The second-order valence-electron chi connectivity index (χ2n) is 5.19. The lowest BCUT2D eigenvalue weighted by molar-refractivity contribution is -0.115. The van der Waals surface area contributed by atoms with Crippen LogP contribution in [-0.2, 0) is 4.79 Å². The molecule has 5 nitrogen and oxygen atoms in total. The van der Waals surface area contributed by atoms with Crippen molar-refractivity contribution in [2.45, 2.75) is 0 Å². The molecule has 26 heavy (non-hydrogen) atoms. The lowest BCUT2D eigenvalue weighted by atomic mass is 10.2. The van der Waals surface area contributed by atoms with Crippen molar-refractivity contribution < 1.29 is 14.3 Å². The van der Waals surface area contributed by atoms with E-state index in [1.807, 2.05) is 6.07 Å². The molecule has 1 aliphatic rings. The maximum Gasteiger partial charge on any atom is 0.264 e. The van der Waals surface area contributed by atoms with Gasteiger partial charge in [-0.15, -0.1) is 0 Å². The molecule has 0 bridgehead atoms. The average molecular weight is 409 g/mol. The molecule has 134 valence electrons. The molecule has 0 atom stereocenters. The van der Waals surface area contributed by atoms with E-state index in [4.69, 9.17) is 32.7 Å². The van der Waals surface area contributed by atoms with Crippen molar-refractivity contribution in [1.82, 2.24) is 5.32 Å². The predicted molar refractivity (Wildman–Crippen MR) is 107 cm³/mol. The number of halogens is 2. The molecule has 0 spiro atoms. The van der Waals surface area contributed by atoms with Gasteiger partial charge < -0.3 is 14.8 Å². The van der Waals surface area contributed by atoms with E-state index in [1.54, 1.807) is 50.6 Å². The highest BCUT2D eigenvalue weighted by atomic mass is 35.5. The number of amidine groups is 1. The number of hydrogen-bond acceptors (Lipinski definition) is 5. The van der Waals surface area contributed by atoms with Crippen molar-refractivity contribution in [3.8, 4) is 11.5 Å². The summed E-state index contributed by atoms with van der Waals surface area (Å²) in [5.74, 6) is 0.975. The fourth-order valence-corrected chi connectivity index (χ4v) is 3.42. The van der Waals surface area contributed by atoms with Gasteiger partial charge in [-0.1, -0.05) is 29.3 Å². The summed E-state index contributed by atoms with van der Waals surface area (Å²) < 4.78 is 10.5. The Balaban J connectivity index is 1.87. The van der Waals surface area contributed by atoms with Gasteiger partial charge in [0, 0.05) is 5.02 Å². The van der Waals surface area contributed by atoms with Crippen LogP contribution in [0.25, 0.3) is 6.08 Å². The van der Waals surface area contributed by atoms with Crippen LogP contribution in [0.3, 0.4) is 0 Å². The van der Waals surface area contributed by atoms with Crippen LogP contribution in [0.1, 0.15) is 5.56 Å². The maximum atomic E-state index is 12.2. The normalized spacial score (nSPS) is 16.8. The molecule has 2 aromatic rings. The summed E-state index contributed by atoms with van der Waals surface area (Å²) in [7, 11) is 3.13. The molecular formula is C18H14Cl2N2O3S. The third kappa shape index (κ3) is 4.15. The number of ether oxygens (including phenoxy) is 2. The van der Waals surface area contributed by atoms with Crippen molar-refractivity contribution >= 4 is 57.8 Å². The third-order valence-corrected chi connectivity index (χ3v) is 4.95. The van der Waals surface area contributed by atoms with Gasteiger partial charge >= 0.3 is 0 Å². The summed E-state index contributed by atoms with van der Waals surface area (Å²) in [6, 6.07) is 10.4. The second kappa shape index (κ2) is 8.03. The number of carbonyl (C=O) groups excluding carboxylic acids is 1. The minimum absolute atomic E-state index is 0.235. The largest absolute Gasteiger partial charge is 0.493 e. The van der Waals surface area contributed by atoms with E-state index < -0.39 is 0 Å². The Labute approximate surface area is 165 Å². The smallest absolute Gasteiger partial charge is 0.264 e. The van der Waals surface area contributed by atoms with E-state index in [9.17, 15) is 4.79 Å². The van der Waals surface area contributed by atoms with Crippen LogP contribution in [0.5, 0.6) is 11.5 Å². The monoisotopic (exact) mass is 408 g/mol. The first-order valence-electron chi connectivity index (χ1n) is 7.47. The molecule has 1 N–H and O–H groups in total. The molecular weight excluding hydrogens is 395 g/mol. The van der Waals surface area contributed by atoms with Crippen LogP contribution in [0.15, 0.2) is 46.3 Å². The van der Waals surface area contributed by atoms with Crippen LogP contribution in [0, 0.1) is 0 Å². The highest BCUT2D eigenvalue weighted by molar-refractivity contribution is 8.18. The lowest BCUT2D eigenvalue weighted by Gasteiger charge is -2.07. The molecule has 3 rings (SSSR count). The number of methoxy groups -OCH3 is 2. The molecule has 1 fully saturated rings. The van der Waals surface area contributed by atoms with Crippen molar-refractivity contribution in [2.24, 2.45) is 4.99 Å². The summed E-state index contributed by atoms with van der Waals surface area (Å²) in [6.07, 6.45) is 1.75. The first kappa shape index (κ1) is 18.6. The zero-order valence-electron chi connectivity index (χ0n) is 13.9. The van der Waals surface area contributed by atoms with Crippen molar-refractivity contribution in [2.75, 3.05) is 14.2 Å². The summed E-state index contributed by atoms with van der Waals surface area (Å²) in [4.78, 5) is 17.1. The molecule has 0 unspecified atom stereocenters. The first-order chi connectivity index (χ1) is 12.5. The molecule has 0 aliphatic carbocycles. The van der Waals surface area contributed by atoms with Crippen LogP contribution < -0.4 is 14.8 Å². The lowest BCUT2D eigenvalue weighted by Crippen LogP contribution is -2.19. The molecule has 0 radical (unpaired) electrons. The highest BCUT2D eigenvalue weighted by Crippen LogP contribution is 2.34. The second-order valence-corrected chi connectivity index (χ2v) is 7.07. The zero-order chi connectivity index (χ0) is 18.7. The predicted octanol–water partition coefficient (Wildman–Crippen LogP) is 4.90. The Hall–Kier alpha value is -2.15. The number of amides is 1. The highest BCUT2D eigenvalue weighted by Gasteiger charge is 2.24. The fraction of sp³-hybridized carbons (Fsp3) is 0.111. The van der Waals surface area contributed by atoms with Gasteiger partial charge in [0.25, 0.3) is 5.91 Å². The Kier molecular flexibility index (Phi) is 5.76. The SMILES string of the molecule is COc1ccc(/C=C2/SC(=Nc3cc(Cl)ccc3Cl)NC2=O)cc1OC. The van der Waals surface area contributed by atoms with Gasteiger partial charge in [0.15, 0.2) is 16.7 Å². The van der Waals surface area contributed by atoms with Crippen molar-refractivity contribution in [3.05, 3.63) is 56.9 Å². The summed E-state index contributed by atoms with van der Waals surface area (Å²) in [5.41, 5.74) is 1.30. The Morgan fingerprint density at radius 2 is 1.85 bits per heavy atom. The summed E-state index contributed by atoms with van der Waals surface area (Å²) >= 11 is 13.3. The minimum atomic E-state index is -0.235.